The second kappa shape index (κ2) is 8.37. The highest BCUT2D eigenvalue weighted by Gasteiger charge is 2.68. The largest absolute Gasteiger partial charge is 0.393 e. The van der Waals surface area contributed by atoms with E-state index in [0.717, 1.165) is 24.8 Å². The van der Waals surface area contributed by atoms with E-state index >= 15 is 0 Å². The van der Waals surface area contributed by atoms with Gasteiger partial charge in [0.15, 0.2) is 5.78 Å². The monoisotopic (exact) mass is 478 g/mol. The summed E-state index contributed by atoms with van der Waals surface area (Å²) in [5.74, 6) is -0.584. The summed E-state index contributed by atoms with van der Waals surface area (Å²) < 4.78 is 0. The van der Waals surface area contributed by atoms with Gasteiger partial charge >= 0.3 is 0 Å². The Morgan fingerprint density at radius 3 is 2.41 bits per heavy atom. The number of ketones is 1. The van der Waals surface area contributed by atoms with Gasteiger partial charge < -0.3 is 25.5 Å². The molecule has 0 aliphatic heterocycles. The first-order valence-electron chi connectivity index (χ1n) is 13.3. The highest BCUT2D eigenvalue weighted by molar-refractivity contribution is 5.95. The summed E-state index contributed by atoms with van der Waals surface area (Å²) in [6.45, 7) is 11.7. The zero-order chi connectivity index (χ0) is 25.4. The van der Waals surface area contributed by atoms with Crippen molar-refractivity contribution in [2.45, 2.75) is 116 Å². The molecule has 194 valence electrons. The van der Waals surface area contributed by atoms with Crippen molar-refractivity contribution in [2.24, 2.45) is 40.4 Å². The molecule has 0 aromatic heterocycles. The number of rotatable bonds is 5. The van der Waals surface area contributed by atoms with Gasteiger partial charge in [-0.1, -0.05) is 27.7 Å². The lowest BCUT2D eigenvalue weighted by atomic mass is 9.43. The van der Waals surface area contributed by atoms with Crippen LogP contribution in [0, 0.1) is 40.4 Å². The normalized spacial score (nSPS) is 48.4. The molecule has 6 nitrogen and oxygen atoms in total. The van der Waals surface area contributed by atoms with E-state index in [9.17, 15) is 30.3 Å². The zero-order valence-electron chi connectivity index (χ0n) is 21.8. The van der Waals surface area contributed by atoms with Gasteiger partial charge in [0.05, 0.1) is 29.5 Å². The standard InChI is InChI=1S/C28H46O6/c1-15(21(29)9-10-25(3,4)33)17-8-12-28(34)19-13-22(30)20-14-23(31)24(32)16(2)27(20,6)18(19)7-11-26(17,28)5/h13,15-18,20-21,23-24,29,31-34H,7-12,14H2,1-6H3/t15?,16?,17-,18?,20+,21-,23-,24+,26-,27+,28-/m1/s1. The second-order valence-electron chi connectivity index (χ2n) is 13.3. The third-order valence-corrected chi connectivity index (χ3v) is 11.2. The number of fused-ring (bicyclic) bond motifs is 5. The molecule has 4 aliphatic rings. The van der Waals surface area contributed by atoms with Crippen LogP contribution in [0.2, 0.25) is 0 Å². The topological polar surface area (TPSA) is 118 Å². The fraction of sp³-hybridized carbons (Fsp3) is 0.893. The molecular formula is C28H46O6. The highest BCUT2D eigenvalue weighted by Crippen LogP contribution is 2.69. The molecule has 11 atom stereocenters. The minimum absolute atomic E-state index is 0.0143. The SMILES string of the molecule is CC([C@H](O)CCC(C)(C)O)[C@H]1CC[C@@]2(O)C3=CC(=O)[C@@H]4C[C@@H](O)[C@@H](O)C(C)[C@@]4(C)C3CC[C@]12C. The maximum Gasteiger partial charge on any atom is 0.159 e. The van der Waals surface area contributed by atoms with Crippen LogP contribution in [0.1, 0.15) is 86.5 Å². The minimum atomic E-state index is -1.12. The summed E-state index contributed by atoms with van der Waals surface area (Å²) in [4.78, 5) is 13.4. The summed E-state index contributed by atoms with van der Waals surface area (Å²) in [5.41, 5.74) is -2.08. The number of carbonyl (C=O) groups is 1. The van der Waals surface area contributed by atoms with Crippen molar-refractivity contribution < 1.29 is 30.3 Å². The molecule has 4 aliphatic carbocycles. The van der Waals surface area contributed by atoms with E-state index in [1.54, 1.807) is 19.9 Å². The third-order valence-electron chi connectivity index (χ3n) is 11.2. The van der Waals surface area contributed by atoms with E-state index in [1.807, 2.05) is 6.92 Å². The third kappa shape index (κ3) is 3.66. The Balaban J connectivity index is 1.65. The van der Waals surface area contributed by atoms with Gasteiger partial charge in [0.25, 0.3) is 0 Å². The molecule has 34 heavy (non-hydrogen) atoms. The van der Waals surface area contributed by atoms with Crippen LogP contribution >= 0.6 is 0 Å². The summed E-state index contributed by atoms with van der Waals surface area (Å²) >= 11 is 0. The van der Waals surface area contributed by atoms with Gasteiger partial charge in [0, 0.05) is 11.3 Å². The first-order chi connectivity index (χ1) is 15.6. The lowest BCUT2D eigenvalue weighted by Gasteiger charge is -2.62. The fourth-order valence-electron chi connectivity index (χ4n) is 8.66. The van der Waals surface area contributed by atoms with Crippen molar-refractivity contribution in [3.63, 3.8) is 0 Å². The van der Waals surface area contributed by atoms with Crippen LogP contribution in [0.4, 0.5) is 0 Å². The second-order valence-corrected chi connectivity index (χ2v) is 13.3. The minimum Gasteiger partial charge on any atom is -0.393 e. The smallest absolute Gasteiger partial charge is 0.159 e. The van der Waals surface area contributed by atoms with E-state index in [-0.39, 0.29) is 41.8 Å². The Bertz CT molecular complexity index is 846. The van der Waals surface area contributed by atoms with Crippen molar-refractivity contribution >= 4 is 5.78 Å². The van der Waals surface area contributed by atoms with Crippen LogP contribution in [-0.2, 0) is 4.79 Å². The first kappa shape index (κ1) is 26.3. The summed E-state index contributed by atoms with van der Waals surface area (Å²) in [7, 11) is 0. The van der Waals surface area contributed by atoms with Crippen LogP contribution in [0.3, 0.4) is 0 Å². The quantitative estimate of drug-likeness (QED) is 0.415. The number of aliphatic hydroxyl groups is 5. The van der Waals surface area contributed by atoms with E-state index in [4.69, 9.17) is 0 Å². The Hall–Kier alpha value is -0.790. The predicted molar refractivity (Wildman–Crippen MR) is 130 cm³/mol. The molecule has 6 heteroatoms. The van der Waals surface area contributed by atoms with Crippen LogP contribution < -0.4 is 0 Å². The molecular weight excluding hydrogens is 432 g/mol. The predicted octanol–water partition coefficient (Wildman–Crippen LogP) is 2.99. The summed E-state index contributed by atoms with van der Waals surface area (Å²) in [6.07, 6.45) is 3.60. The average molecular weight is 479 g/mol. The van der Waals surface area contributed by atoms with Crippen molar-refractivity contribution in [1.82, 2.24) is 0 Å². The molecule has 0 spiro atoms. The van der Waals surface area contributed by atoms with Crippen LogP contribution in [0.5, 0.6) is 0 Å². The maximum absolute atomic E-state index is 13.4. The van der Waals surface area contributed by atoms with Gasteiger partial charge in [-0.15, -0.1) is 0 Å². The molecule has 0 aromatic carbocycles. The van der Waals surface area contributed by atoms with Crippen molar-refractivity contribution in [3.05, 3.63) is 11.6 Å². The van der Waals surface area contributed by atoms with Gasteiger partial charge in [-0.05, 0) is 99.5 Å². The van der Waals surface area contributed by atoms with Crippen LogP contribution in [0.25, 0.3) is 0 Å². The summed E-state index contributed by atoms with van der Waals surface area (Å²) in [5, 5.41) is 54.5. The van der Waals surface area contributed by atoms with Gasteiger partial charge in [0.1, 0.15) is 0 Å². The highest BCUT2D eigenvalue weighted by atomic mass is 16.3. The van der Waals surface area contributed by atoms with E-state index in [1.165, 1.54) is 0 Å². The van der Waals surface area contributed by atoms with Crippen LogP contribution in [0.15, 0.2) is 11.6 Å². The van der Waals surface area contributed by atoms with Crippen molar-refractivity contribution in [2.75, 3.05) is 0 Å². The average Bonchev–Trinajstić information content (AvgIpc) is 3.03. The van der Waals surface area contributed by atoms with Gasteiger partial charge in [-0.25, -0.2) is 0 Å². The molecule has 0 bridgehead atoms. The van der Waals surface area contributed by atoms with Crippen LogP contribution in [-0.4, -0.2) is 60.8 Å². The molecule has 4 rings (SSSR count). The van der Waals surface area contributed by atoms with E-state index < -0.39 is 40.3 Å². The summed E-state index contributed by atoms with van der Waals surface area (Å²) in [6, 6.07) is 0. The number of hydrogen-bond donors (Lipinski definition) is 5. The molecule has 0 aromatic rings. The number of carbonyl (C=O) groups excluding carboxylic acids is 1. The van der Waals surface area contributed by atoms with Crippen molar-refractivity contribution in [3.8, 4) is 0 Å². The fourth-order valence-corrected chi connectivity index (χ4v) is 8.66. The number of allylic oxidation sites excluding steroid dienone is 1. The molecule has 0 saturated heterocycles. The first-order valence-corrected chi connectivity index (χ1v) is 13.3. The molecule has 5 N–H and O–H groups in total. The molecule has 3 fully saturated rings. The number of aliphatic hydroxyl groups excluding tert-OH is 3. The molecule has 3 saturated carbocycles. The van der Waals surface area contributed by atoms with Gasteiger partial charge in [-0.2, -0.15) is 0 Å². The lowest BCUT2D eigenvalue weighted by Crippen LogP contribution is -2.63. The molecule has 0 radical (unpaired) electrons. The Labute approximate surface area is 204 Å². The zero-order valence-corrected chi connectivity index (χ0v) is 21.8. The molecule has 0 amide bonds. The van der Waals surface area contributed by atoms with Gasteiger partial charge in [0.2, 0.25) is 0 Å². The Morgan fingerprint density at radius 1 is 1.15 bits per heavy atom. The molecule has 0 heterocycles. The molecule has 3 unspecified atom stereocenters. The Kier molecular flexibility index (Phi) is 6.47. The van der Waals surface area contributed by atoms with Gasteiger partial charge in [-0.3, -0.25) is 4.79 Å². The van der Waals surface area contributed by atoms with Crippen molar-refractivity contribution in [1.29, 1.82) is 0 Å². The van der Waals surface area contributed by atoms with E-state index in [2.05, 4.69) is 20.8 Å². The lowest BCUT2D eigenvalue weighted by molar-refractivity contribution is -0.173. The number of hydrogen-bond acceptors (Lipinski definition) is 6. The Morgan fingerprint density at radius 2 is 1.79 bits per heavy atom. The van der Waals surface area contributed by atoms with E-state index in [0.29, 0.717) is 19.3 Å². The maximum atomic E-state index is 13.4.